The molecule has 1 saturated carbocycles. The Bertz CT molecular complexity index is 799. The summed E-state index contributed by atoms with van der Waals surface area (Å²) in [7, 11) is 3.53. The minimum absolute atomic E-state index is 0.0764. The number of carbonyl (C=O) groups is 1. The zero-order valence-electron chi connectivity index (χ0n) is 15.2. The number of rotatable bonds is 4. The molecule has 0 radical (unpaired) electrons. The Morgan fingerprint density at radius 3 is 2.85 bits per heavy atom. The molecule has 0 bridgehead atoms. The van der Waals surface area contributed by atoms with E-state index in [0.717, 1.165) is 30.0 Å². The Labute approximate surface area is 152 Å². The summed E-state index contributed by atoms with van der Waals surface area (Å²) in [5, 5.41) is 3.24. The third-order valence-corrected chi connectivity index (χ3v) is 5.31. The molecule has 1 aliphatic heterocycles. The Balaban J connectivity index is 1.61. The van der Waals surface area contributed by atoms with Gasteiger partial charge in [0, 0.05) is 25.7 Å². The molecule has 1 atom stereocenters. The van der Waals surface area contributed by atoms with Crippen LogP contribution in [0.15, 0.2) is 18.7 Å². The third-order valence-electron chi connectivity index (χ3n) is 5.31. The molecule has 0 spiro atoms. The van der Waals surface area contributed by atoms with Gasteiger partial charge in [-0.2, -0.15) is 0 Å². The molecule has 4 rings (SSSR count). The fourth-order valence-corrected chi connectivity index (χ4v) is 3.98. The fourth-order valence-electron chi connectivity index (χ4n) is 3.98. The summed E-state index contributed by atoms with van der Waals surface area (Å²) in [4.78, 5) is 28.0. The lowest BCUT2D eigenvalue weighted by Gasteiger charge is -2.33. The highest BCUT2D eigenvalue weighted by Gasteiger charge is 2.35. The molecule has 0 unspecified atom stereocenters. The van der Waals surface area contributed by atoms with Crippen molar-refractivity contribution in [2.75, 3.05) is 18.6 Å². The van der Waals surface area contributed by atoms with Gasteiger partial charge in [-0.15, -0.1) is 0 Å². The molecule has 1 N–H and O–H groups in total. The van der Waals surface area contributed by atoms with Crippen LogP contribution in [0.3, 0.4) is 0 Å². The van der Waals surface area contributed by atoms with Gasteiger partial charge in [-0.1, -0.05) is 12.8 Å². The largest absolute Gasteiger partial charge is 0.481 e. The number of fused-ring (bicyclic) bond motifs is 1. The maximum absolute atomic E-state index is 13.0. The highest BCUT2D eigenvalue weighted by molar-refractivity contribution is 5.85. The lowest BCUT2D eigenvalue weighted by Crippen LogP contribution is -2.44. The van der Waals surface area contributed by atoms with Gasteiger partial charge in [-0.3, -0.25) is 4.79 Å². The minimum atomic E-state index is -0.271. The second-order valence-corrected chi connectivity index (χ2v) is 7.03. The van der Waals surface area contributed by atoms with Crippen molar-refractivity contribution in [3.63, 3.8) is 0 Å². The van der Waals surface area contributed by atoms with Gasteiger partial charge >= 0.3 is 0 Å². The van der Waals surface area contributed by atoms with E-state index in [2.05, 4.69) is 25.2 Å². The number of hydrogen-bond acceptors (Lipinski definition) is 6. The van der Waals surface area contributed by atoms with Crippen molar-refractivity contribution in [1.82, 2.24) is 24.8 Å². The summed E-state index contributed by atoms with van der Waals surface area (Å²) in [5.41, 5.74) is 1.92. The Morgan fingerprint density at radius 1 is 1.27 bits per heavy atom. The van der Waals surface area contributed by atoms with Crippen molar-refractivity contribution >= 4 is 11.7 Å². The van der Waals surface area contributed by atoms with Crippen molar-refractivity contribution in [2.24, 2.45) is 7.05 Å². The van der Waals surface area contributed by atoms with Gasteiger partial charge in [0.2, 0.25) is 11.8 Å². The van der Waals surface area contributed by atoms with E-state index in [1.54, 1.807) is 19.5 Å². The monoisotopic (exact) mass is 356 g/mol. The number of imidazole rings is 1. The summed E-state index contributed by atoms with van der Waals surface area (Å²) >= 11 is 0. The van der Waals surface area contributed by atoms with Gasteiger partial charge in [-0.05, 0) is 12.8 Å². The van der Waals surface area contributed by atoms with Gasteiger partial charge in [-0.25, -0.2) is 15.0 Å². The third kappa shape index (κ3) is 3.11. The number of amides is 1. The second-order valence-electron chi connectivity index (χ2n) is 7.03. The fraction of sp³-hybridized carbons (Fsp3) is 0.556. The Kier molecular flexibility index (Phi) is 4.48. The number of aromatic nitrogens is 4. The van der Waals surface area contributed by atoms with E-state index < -0.39 is 0 Å². The number of nitrogens with one attached hydrogen (secondary N) is 1. The van der Waals surface area contributed by atoms with Crippen LogP contribution in [-0.4, -0.2) is 45.1 Å². The molecule has 2 aromatic rings. The summed E-state index contributed by atoms with van der Waals surface area (Å²) in [6, 6.07) is 2.09. The highest BCUT2D eigenvalue weighted by Crippen LogP contribution is 2.31. The van der Waals surface area contributed by atoms with Crippen LogP contribution in [0.4, 0.5) is 5.82 Å². The zero-order valence-corrected chi connectivity index (χ0v) is 15.2. The van der Waals surface area contributed by atoms with Gasteiger partial charge in [0.15, 0.2) is 0 Å². The van der Waals surface area contributed by atoms with E-state index in [0.29, 0.717) is 25.0 Å². The second kappa shape index (κ2) is 6.93. The first-order valence-corrected chi connectivity index (χ1v) is 9.07. The molecule has 26 heavy (non-hydrogen) atoms. The molecule has 0 saturated heterocycles. The van der Waals surface area contributed by atoms with Crippen molar-refractivity contribution in [1.29, 1.82) is 0 Å². The maximum Gasteiger partial charge on any atom is 0.231 e. The number of carbonyl (C=O) groups excluding carboxylic acids is 1. The van der Waals surface area contributed by atoms with E-state index in [1.165, 1.54) is 19.2 Å². The SMILES string of the molecule is COc1cc(N2Cc3ncn(C)c3[C@H](C(=O)NC3CCCC3)C2)ncn1. The van der Waals surface area contributed by atoms with Crippen molar-refractivity contribution in [3.8, 4) is 5.88 Å². The normalized spacial score (nSPS) is 20.1. The number of nitrogens with zero attached hydrogens (tertiary/aromatic N) is 5. The molecule has 2 aromatic heterocycles. The van der Waals surface area contributed by atoms with Crippen LogP contribution in [0.25, 0.3) is 0 Å². The van der Waals surface area contributed by atoms with Gasteiger partial charge in [0.1, 0.15) is 12.1 Å². The average molecular weight is 356 g/mol. The number of hydrogen-bond donors (Lipinski definition) is 1. The van der Waals surface area contributed by atoms with Crippen LogP contribution in [0, 0.1) is 0 Å². The maximum atomic E-state index is 13.0. The summed E-state index contributed by atoms with van der Waals surface area (Å²) in [6.45, 7) is 1.18. The van der Waals surface area contributed by atoms with E-state index in [9.17, 15) is 4.79 Å². The smallest absolute Gasteiger partial charge is 0.231 e. The van der Waals surface area contributed by atoms with Gasteiger partial charge in [0.05, 0.1) is 37.3 Å². The first kappa shape index (κ1) is 16.8. The number of ether oxygens (including phenoxy) is 1. The molecular formula is C18H24N6O2. The molecule has 2 aliphatic rings. The summed E-state index contributed by atoms with van der Waals surface area (Å²) < 4.78 is 7.17. The molecule has 8 nitrogen and oxygen atoms in total. The van der Waals surface area contributed by atoms with Crippen molar-refractivity contribution in [3.05, 3.63) is 30.1 Å². The molecule has 8 heteroatoms. The molecule has 1 amide bonds. The van der Waals surface area contributed by atoms with Crippen LogP contribution in [0.2, 0.25) is 0 Å². The molecule has 1 fully saturated rings. The zero-order chi connectivity index (χ0) is 18.1. The minimum Gasteiger partial charge on any atom is -0.481 e. The van der Waals surface area contributed by atoms with Crippen LogP contribution < -0.4 is 15.0 Å². The van der Waals surface area contributed by atoms with Crippen LogP contribution in [0.5, 0.6) is 5.88 Å². The molecule has 138 valence electrons. The van der Waals surface area contributed by atoms with Crippen molar-refractivity contribution in [2.45, 2.75) is 44.2 Å². The molecule has 3 heterocycles. The van der Waals surface area contributed by atoms with Gasteiger partial charge in [0.25, 0.3) is 0 Å². The van der Waals surface area contributed by atoms with Crippen molar-refractivity contribution < 1.29 is 9.53 Å². The predicted molar refractivity (Wildman–Crippen MR) is 96.0 cm³/mol. The highest BCUT2D eigenvalue weighted by atomic mass is 16.5. The standard InChI is InChI=1S/C18H24N6O2/c1-23-11-21-14-9-24(15-7-16(26-2)20-10-19-15)8-13(17(14)23)18(25)22-12-5-3-4-6-12/h7,10-13H,3-6,8-9H2,1-2H3,(H,22,25)/t13-/m1/s1. The van der Waals surface area contributed by atoms with E-state index in [4.69, 9.17) is 4.74 Å². The van der Waals surface area contributed by atoms with E-state index in [1.807, 2.05) is 11.6 Å². The molecular weight excluding hydrogens is 332 g/mol. The first-order chi connectivity index (χ1) is 12.7. The summed E-state index contributed by atoms with van der Waals surface area (Å²) in [6.07, 6.45) is 7.80. The van der Waals surface area contributed by atoms with Gasteiger partial charge < -0.3 is 19.5 Å². The quantitative estimate of drug-likeness (QED) is 0.891. The topological polar surface area (TPSA) is 85.2 Å². The molecule has 0 aromatic carbocycles. The van der Waals surface area contributed by atoms with Crippen LogP contribution in [-0.2, 0) is 18.4 Å². The van der Waals surface area contributed by atoms with Crippen LogP contribution in [0.1, 0.15) is 43.0 Å². The van der Waals surface area contributed by atoms with Crippen LogP contribution >= 0.6 is 0 Å². The number of methoxy groups -OCH3 is 1. The average Bonchev–Trinajstić information content (AvgIpc) is 3.31. The Hall–Kier alpha value is -2.64. The summed E-state index contributed by atoms with van der Waals surface area (Å²) in [5.74, 6) is 1.06. The lowest BCUT2D eigenvalue weighted by atomic mass is 9.96. The number of aryl methyl sites for hydroxylation is 1. The lowest BCUT2D eigenvalue weighted by molar-refractivity contribution is -0.123. The van der Waals surface area contributed by atoms with E-state index >= 15 is 0 Å². The number of anilines is 1. The predicted octanol–water partition coefficient (Wildman–Crippen LogP) is 1.38. The Morgan fingerprint density at radius 2 is 2.08 bits per heavy atom. The first-order valence-electron chi connectivity index (χ1n) is 9.07. The van der Waals surface area contributed by atoms with E-state index in [-0.39, 0.29) is 11.8 Å². The molecule has 1 aliphatic carbocycles.